The Labute approximate surface area is 148 Å². The number of aryl methyl sites for hydroxylation is 3. The van der Waals surface area contributed by atoms with Crippen LogP contribution in [0.3, 0.4) is 0 Å². The maximum absolute atomic E-state index is 12.7. The highest BCUT2D eigenvalue weighted by Crippen LogP contribution is 2.24. The quantitative estimate of drug-likeness (QED) is 0.933. The van der Waals surface area contributed by atoms with E-state index >= 15 is 0 Å². The zero-order chi connectivity index (χ0) is 18.0. The molecular weight excluding hydrogens is 312 g/mol. The summed E-state index contributed by atoms with van der Waals surface area (Å²) >= 11 is 0. The highest BCUT2D eigenvalue weighted by atomic mass is 16.2. The summed E-state index contributed by atoms with van der Waals surface area (Å²) in [4.78, 5) is 18.9. The molecule has 1 aliphatic rings. The van der Waals surface area contributed by atoms with E-state index in [0.717, 1.165) is 24.2 Å². The van der Waals surface area contributed by atoms with Gasteiger partial charge in [-0.05, 0) is 38.8 Å². The zero-order valence-corrected chi connectivity index (χ0v) is 14.8. The monoisotopic (exact) mass is 334 g/mol. The SMILES string of the molecule is Cc1ccc(CN2CCC(Nc3cc(C)nc(C)c3C#N)C2=O)cc1. The lowest BCUT2D eigenvalue weighted by molar-refractivity contribution is -0.128. The van der Waals surface area contributed by atoms with Crippen molar-refractivity contribution in [1.29, 1.82) is 5.26 Å². The van der Waals surface area contributed by atoms with Crippen molar-refractivity contribution in [3.8, 4) is 6.07 Å². The highest BCUT2D eigenvalue weighted by molar-refractivity contribution is 5.87. The third-order valence-electron chi connectivity index (χ3n) is 4.56. The van der Waals surface area contributed by atoms with Gasteiger partial charge < -0.3 is 10.2 Å². The molecule has 0 bridgehead atoms. The number of pyridine rings is 1. The lowest BCUT2D eigenvalue weighted by Gasteiger charge is -2.19. The van der Waals surface area contributed by atoms with Crippen molar-refractivity contribution in [2.75, 3.05) is 11.9 Å². The van der Waals surface area contributed by atoms with Gasteiger partial charge >= 0.3 is 0 Å². The van der Waals surface area contributed by atoms with E-state index in [1.165, 1.54) is 5.56 Å². The number of amides is 1. The predicted octanol–water partition coefficient (Wildman–Crippen LogP) is 3.09. The maximum atomic E-state index is 12.7. The van der Waals surface area contributed by atoms with Crippen LogP contribution in [0, 0.1) is 32.1 Å². The van der Waals surface area contributed by atoms with E-state index in [0.29, 0.717) is 23.5 Å². The third kappa shape index (κ3) is 3.63. The first-order valence-electron chi connectivity index (χ1n) is 8.47. The number of hydrogen-bond acceptors (Lipinski definition) is 4. The molecule has 128 valence electrons. The van der Waals surface area contributed by atoms with Crippen LogP contribution in [0.15, 0.2) is 30.3 Å². The molecule has 2 heterocycles. The Morgan fingerprint density at radius 3 is 2.68 bits per heavy atom. The maximum Gasteiger partial charge on any atom is 0.245 e. The summed E-state index contributed by atoms with van der Waals surface area (Å²) < 4.78 is 0. The molecule has 1 aromatic heterocycles. The van der Waals surface area contributed by atoms with Crippen LogP contribution in [0.5, 0.6) is 0 Å². The lowest BCUT2D eigenvalue weighted by atomic mass is 10.1. The van der Waals surface area contributed by atoms with Gasteiger partial charge in [-0.1, -0.05) is 29.8 Å². The largest absolute Gasteiger partial charge is 0.372 e. The standard InChI is InChI=1S/C20H22N4O/c1-13-4-6-16(7-5-13)12-24-9-8-18(20(24)25)23-19-10-14(2)22-15(3)17(19)11-21/h4-7,10,18H,8-9,12H2,1-3H3,(H,22,23). The summed E-state index contributed by atoms with van der Waals surface area (Å²) in [6.45, 7) is 7.10. The molecule has 1 amide bonds. The first-order valence-corrected chi connectivity index (χ1v) is 8.47. The molecule has 2 aromatic rings. The van der Waals surface area contributed by atoms with Crippen LogP contribution in [0.25, 0.3) is 0 Å². The van der Waals surface area contributed by atoms with Crippen LogP contribution in [0.2, 0.25) is 0 Å². The molecule has 5 heteroatoms. The molecule has 5 nitrogen and oxygen atoms in total. The van der Waals surface area contributed by atoms with Gasteiger partial charge in [-0.25, -0.2) is 0 Å². The van der Waals surface area contributed by atoms with Crippen molar-refractivity contribution in [2.24, 2.45) is 0 Å². The van der Waals surface area contributed by atoms with Crippen molar-refractivity contribution in [3.63, 3.8) is 0 Å². The molecule has 1 unspecified atom stereocenters. The van der Waals surface area contributed by atoms with Crippen LogP contribution in [0.1, 0.15) is 34.5 Å². The van der Waals surface area contributed by atoms with Gasteiger partial charge in [0.1, 0.15) is 12.1 Å². The number of carbonyl (C=O) groups excluding carboxylic acids is 1. The van der Waals surface area contributed by atoms with Crippen LogP contribution < -0.4 is 5.32 Å². The first kappa shape index (κ1) is 17.0. The van der Waals surface area contributed by atoms with Crippen LogP contribution in [0.4, 0.5) is 5.69 Å². The average molecular weight is 334 g/mol. The molecule has 1 aliphatic heterocycles. The minimum atomic E-state index is -0.293. The van der Waals surface area contributed by atoms with Gasteiger partial charge in [-0.15, -0.1) is 0 Å². The highest BCUT2D eigenvalue weighted by Gasteiger charge is 2.32. The van der Waals surface area contributed by atoms with Crippen molar-refractivity contribution in [2.45, 2.75) is 39.8 Å². The van der Waals surface area contributed by atoms with E-state index in [4.69, 9.17) is 0 Å². The second kappa shape index (κ2) is 6.94. The minimum Gasteiger partial charge on any atom is -0.372 e. The van der Waals surface area contributed by atoms with Crippen molar-refractivity contribution in [1.82, 2.24) is 9.88 Å². The van der Waals surface area contributed by atoms with E-state index in [9.17, 15) is 10.1 Å². The lowest BCUT2D eigenvalue weighted by Crippen LogP contribution is -2.33. The molecule has 1 saturated heterocycles. The molecule has 3 rings (SSSR count). The smallest absolute Gasteiger partial charge is 0.245 e. The number of nitrogens with one attached hydrogen (secondary N) is 1. The zero-order valence-electron chi connectivity index (χ0n) is 14.8. The number of carbonyl (C=O) groups is 1. The molecular formula is C20H22N4O. The Morgan fingerprint density at radius 1 is 1.28 bits per heavy atom. The molecule has 0 aliphatic carbocycles. The van der Waals surface area contributed by atoms with Gasteiger partial charge in [0.2, 0.25) is 5.91 Å². The van der Waals surface area contributed by atoms with E-state index in [1.54, 1.807) is 0 Å². The van der Waals surface area contributed by atoms with Gasteiger partial charge in [0, 0.05) is 18.8 Å². The Balaban J connectivity index is 1.73. The molecule has 25 heavy (non-hydrogen) atoms. The molecule has 0 spiro atoms. The van der Waals surface area contributed by atoms with E-state index in [1.807, 2.05) is 24.8 Å². The Hall–Kier alpha value is -2.87. The summed E-state index contributed by atoms with van der Waals surface area (Å²) in [5.41, 5.74) is 5.07. The first-order chi connectivity index (χ1) is 12.0. The number of anilines is 1. The van der Waals surface area contributed by atoms with Crippen molar-refractivity contribution >= 4 is 11.6 Å². The molecule has 1 aromatic carbocycles. The number of rotatable bonds is 4. The van der Waals surface area contributed by atoms with Gasteiger partial charge in [0.15, 0.2) is 0 Å². The molecule has 0 radical (unpaired) electrons. The summed E-state index contributed by atoms with van der Waals surface area (Å²) in [5, 5.41) is 12.6. The normalized spacial score (nSPS) is 16.8. The Bertz CT molecular complexity index is 836. The fraction of sp³-hybridized carbons (Fsp3) is 0.350. The summed E-state index contributed by atoms with van der Waals surface area (Å²) in [7, 11) is 0. The Morgan fingerprint density at radius 2 is 2.00 bits per heavy atom. The number of aromatic nitrogens is 1. The number of nitrogens with zero attached hydrogens (tertiary/aromatic N) is 3. The van der Waals surface area contributed by atoms with Crippen LogP contribution in [-0.2, 0) is 11.3 Å². The second-order valence-corrected chi connectivity index (χ2v) is 6.61. The summed E-state index contributed by atoms with van der Waals surface area (Å²) in [5.74, 6) is 0.0802. The molecule has 0 saturated carbocycles. The van der Waals surface area contributed by atoms with Gasteiger partial charge in [-0.2, -0.15) is 5.26 Å². The van der Waals surface area contributed by atoms with Crippen LogP contribution in [-0.4, -0.2) is 28.4 Å². The number of nitriles is 1. The second-order valence-electron chi connectivity index (χ2n) is 6.61. The molecule has 1 atom stereocenters. The van der Waals surface area contributed by atoms with Crippen molar-refractivity contribution < 1.29 is 4.79 Å². The van der Waals surface area contributed by atoms with E-state index in [-0.39, 0.29) is 11.9 Å². The van der Waals surface area contributed by atoms with Crippen LogP contribution >= 0.6 is 0 Å². The molecule has 1 fully saturated rings. The van der Waals surface area contributed by atoms with Gasteiger partial charge in [0.05, 0.1) is 16.9 Å². The number of hydrogen-bond donors (Lipinski definition) is 1. The van der Waals surface area contributed by atoms with E-state index < -0.39 is 0 Å². The fourth-order valence-electron chi connectivity index (χ4n) is 3.22. The third-order valence-corrected chi connectivity index (χ3v) is 4.56. The Kier molecular flexibility index (Phi) is 4.71. The topological polar surface area (TPSA) is 69.0 Å². The van der Waals surface area contributed by atoms with Gasteiger partial charge in [0.25, 0.3) is 0 Å². The summed E-state index contributed by atoms with van der Waals surface area (Å²) in [6.07, 6.45) is 0.732. The van der Waals surface area contributed by atoms with Gasteiger partial charge in [-0.3, -0.25) is 9.78 Å². The summed E-state index contributed by atoms with van der Waals surface area (Å²) in [6, 6.07) is 12.0. The number of likely N-dealkylation sites (tertiary alicyclic amines) is 1. The fourth-order valence-corrected chi connectivity index (χ4v) is 3.22. The van der Waals surface area contributed by atoms with E-state index in [2.05, 4.69) is 47.6 Å². The predicted molar refractivity (Wildman–Crippen MR) is 97.0 cm³/mol. The minimum absolute atomic E-state index is 0.0802. The number of benzene rings is 1. The average Bonchev–Trinajstić information content (AvgIpc) is 2.90. The molecule has 1 N–H and O–H groups in total. The van der Waals surface area contributed by atoms with Crippen molar-refractivity contribution in [3.05, 3.63) is 58.4 Å².